The number of nitrogens with one attached hydrogen (secondary N) is 1. The van der Waals surface area contributed by atoms with E-state index in [0.717, 1.165) is 60.1 Å². The number of ether oxygens (including phenoxy) is 1. The minimum atomic E-state index is -0.227. The number of aliphatic hydroxyl groups is 1. The number of amides is 1. The van der Waals surface area contributed by atoms with Gasteiger partial charge in [-0.25, -0.2) is 0 Å². The average molecular weight is 433 g/mol. The van der Waals surface area contributed by atoms with E-state index >= 15 is 0 Å². The van der Waals surface area contributed by atoms with Crippen LogP contribution in [0.15, 0.2) is 60.7 Å². The van der Waals surface area contributed by atoms with Crippen molar-refractivity contribution in [3.63, 3.8) is 0 Å². The van der Waals surface area contributed by atoms with Crippen molar-refractivity contribution >= 4 is 16.7 Å². The Bertz CT molecular complexity index is 1060. The second-order valence-corrected chi connectivity index (χ2v) is 8.74. The zero-order valence-electron chi connectivity index (χ0n) is 18.9. The van der Waals surface area contributed by atoms with Gasteiger partial charge < -0.3 is 15.2 Å². The number of rotatable bonds is 7. The number of methoxy groups -OCH3 is 1. The molecule has 5 nitrogen and oxygen atoms in total. The summed E-state index contributed by atoms with van der Waals surface area (Å²) in [6.45, 7) is 5.26. The molecule has 1 atom stereocenters. The van der Waals surface area contributed by atoms with Crippen LogP contribution in [0.25, 0.3) is 10.8 Å². The molecule has 0 saturated carbocycles. The number of aliphatic hydroxyl groups excluding tert-OH is 1. The molecule has 0 aliphatic carbocycles. The Labute approximate surface area is 190 Å². The lowest BCUT2D eigenvalue weighted by molar-refractivity contribution is -0.122. The number of hydrogen-bond donors (Lipinski definition) is 2. The molecule has 1 aliphatic heterocycles. The quantitative estimate of drug-likeness (QED) is 0.587. The van der Waals surface area contributed by atoms with E-state index in [9.17, 15) is 9.90 Å². The summed E-state index contributed by atoms with van der Waals surface area (Å²) in [5.74, 6) is 0.626. The maximum atomic E-state index is 12.8. The van der Waals surface area contributed by atoms with Gasteiger partial charge in [-0.15, -0.1) is 0 Å². The van der Waals surface area contributed by atoms with Crippen molar-refractivity contribution in [2.45, 2.75) is 44.9 Å². The number of likely N-dealkylation sites (tertiary alicyclic amines) is 1. The van der Waals surface area contributed by atoms with Crippen LogP contribution in [0.4, 0.5) is 0 Å². The highest BCUT2D eigenvalue weighted by Gasteiger charge is 2.17. The van der Waals surface area contributed by atoms with Gasteiger partial charge in [-0.1, -0.05) is 48.5 Å². The molecule has 1 aliphatic rings. The largest absolute Gasteiger partial charge is 0.497 e. The smallest absolute Gasteiger partial charge is 0.227 e. The summed E-state index contributed by atoms with van der Waals surface area (Å²) in [5.41, 5.74) is 3.36. The normalized spacial score (nSPS) is 16.1. The first-order chi connectivity index (χ1) is 15.5. The van der Waals surface area contributed by atoms with Crippen molar-refractivity contribution in [2.75, 3.05) is 20.2 Å². The van der Waals surface area contributed by atoms with Gasteiger partial charge >= 0.3 is 0 Å². The Kier molecular flexibility index (Phi) is 7.08. The first-order valence-corrected chi connectivity index (χ1v) is 11.4. The van der Waals surface area contributed by atoms with Crippen LogP contribution >= 0.6 is 0 Å². The molecular formula is C27H32N2O3. The van der Waals surface area contributed by atoms with Crippen LogP contribution in [0.1, 0.15) is 42.4 Å². The summed E-state index contributed by atoms with van der Waals surface area (Å²) >= 11 is 0. The third-order valence-corrected chi connectivity index (χ3v) is 6.42. The van der Waals surface area contributed by atoms with E-state index < -0.39 is 0 Å². The molecule has 5 heteroatoms. The molecule has 1 heterocycles. The fraction of sp³-hybridized carbons (Fsp3) is 0.370. The number of benzene rings is 3. The van der Waals surface area contributed by atoms with E-state index in [1.807, 2.05) is 37.3 Å². The van der Waals surface area contributed by atoms with Crippen molar-refractivity contribution in [1.29, 1.82) is 0 Å². The predicted octanol–water partition coefficient (Wildman–Crippen LogP) is 4.23. The maximum Gasteiger partial charge on any atom is 0.227 e. The highest BCUT2D eigenvalue weighted by molar-refractivity contribution is 5.88. The molecule has 0 spiro atoms. The van der Waals surface area contributed by atoms with Crippen LogP contribution in [0.5, 0.6) is 5.75 Å². The summed E-state index contributed by atoms with van der Waals surface area (Å²) in [5, 5.41) is 14.9. The molecule has 0 radical (unpaired) electrons. The third-order valence-electron chi connectivity index (χ3n) is 6.42. The zero-order valence-corrected chi connectivity index (χ0v) is 18.9. The number of fused-ring (bicyclic) bond motifs is 1. The first-order valence-electron chi connectivity index (χ1n) is 11.4. The van der Waals surface area contributed by atoms with E-state index in [-0.39, 0.29) is 17.9 Å². The minimum Gasteiger partial charge on any atom is -0.497 e. The molecule has 3 aromatic carbocycles. The van der Waals surface area contributed by atoms with Crippen LogP contribution in [0, 0.1) is 0 Å². The molecule has 32 heavy (non-hydrogen) atoms. The summed E-state index contributed by atoms with van der Waals surface area (Å²) < 4.78 is 5.29. The van der Waals surface area contributed by atoms with Crippen LogP contribution in [-0.2, 0) is 17.9 Å². The molecule has 1 saturated heterocycles. The van der Waals surface area contributed by atoms with Gasteiger partial charge in [0.05, 0.1) is 19.1 Å². The summed E-state index contributed by atoms with van der Waals surface area (Å²) in [6.07, 6.45) is 1.57. The van der Waals surface area contributed by atoms with Gasteiger partial charge in [0.1, 0.15) is 5.75 Å². The fourth-order valence-electron chi connectivity index (χ4n) is 4.23. The molecule has 0 bridgehead atoms. The Morgan fingerprint density at radius 1 is 1.03 bits per heavy atom. The highest BCUT2D eigenvalue weighted by Crippen LogP contribution is 2.25. The molecular weight excluding hydrogens is 400 g/mol. The molecule has 3 aromatic rings. The monoisotopic (exact) mass is 432 g/mol. The van der Waals surface area contributed by atoms with E-state index in [1.54, 1.807) is 7.11 Å². The lowest BCUT2D eigenvalue weighted by atomic mass is 9.97. The van der Waals surface area contributed by atoms with Crippen molar-refractivity contribution in [3.05, 3.63) is 77.4 Å². The molecule has 168 valence electrons. The van der Waals surface area contributed by atoms with Gasteiger partial charge in [0.2, 0.25) is 5.91 Å². The van der Waals surface area contributed by atoms with Gasteiger partial charge in [-0.05, 0) is 59.4 Å². The van der Waals surface area contributed by atoms with Crippen LogP contribution in [0.2, 0.25) is 0 Å². The number of nitrogens with zero attached hydrogens (tertiary/aromatic N) is 1. The van der Waals surface area contributed by atoms with Crippen molar-refractivity contribution < 1.29 is 14.6 Å². The molecule has 0 unspecified atom stereocenters. The number of carbonyl (C=O) groups is 1. The van der Waals surface area contributed by atoms with Gasteiger partial charge in [-0.2, -0.15) is 0 Å². The maximum absolute atomic E-state index is 12.8. The standard InChI is InChI=1S/C27H32N2O3/c1-19(22-7-8-24-16-26(32-2)10-9-23(24)15-22)27(31)28-17-20-3-5-21(6-4-20)18-29-13-11-25(30)12-14-29/h3-10,15-16,19,25,30H,11-14,17-18H2,1-2H3,(H,28,31)/t19-/m0/s1. The van der Waals surface area contributed by atoms with Gasteiger partial charge in [0.15, 0.2) is 0 Å². The van der Waals surface area contributed by atoms with Crippen LogP contribution in [0.3, 0.4) is 0 Å². The van der Waals surface area contributed by atoms with Crippen molar-refractivity contribution in [3.8, 4) is 5.75 Å². The molecule has 2 N–H and O–H groups in total. The Hall–Kier alpha value is -2.89. The van der Waals surface area contributed by atoms with Gasteiger partial charge in [0, 0.05) is 26.2 Å². The number of hydrogen-bond acceptors (Lipinski definition) is 4. The Balaban J connectivity index is 1.31. The zero-order chi connectivity index (χ0) is 22.5. The lowest BCUT2D eigenvalue weighted by Crippen LogP contribution is -2.35. The molecule has 1 amide bonds. The lowest BCUT2D eigenvalue weighted by Gasteiger charge is -2.29. The second-order valence-electron chi connectivity index (χ2n) is 8.74. The summed E-state index contributed by atoms with van der Waals surface area (Å²) in [7, 11) is 1.66. The Morgan fingerprint density at radius 3 is 2.41 bits per heavy atom. The number of piperidine rings is 1. The molecule has 0 aromatic heterocycles. The van der Waals surface area contributed by atoms with Crippen molar-refractivity contribution in [1.82, 2.24) is 10.2 Å². The predicted molar refractivity (Wildman–Crippen MR) is 128 cm³/mol. The minimum absolute atomic E-state index is 0.0220. The van der Waals surface area contributed by atoms with Gasteiger partial charge in [-0.3, -0.25) is 9.69 Å². The van der Waals surface area contributed by atoms with Crippen molar-refractivity contribution in [2.24, 2.45) is 0 Å². The topological polar surface area (TPSA) is 61.8 Å². The molecule has 4 rings (SSSR count). The van der Waals surface area contributed by atoms with E-state index in [4.69, 9.17) is 4.74 Å². The van der Waals surface area contributed by atoms with E-state index in [2.05, 4.69) is 40.5 Å². The van der Waals surface area contributed by atoms with Gasteiger partial charge in [0.25, 0.3) is 0 Å². The Morgan fingerprint density at radius 2 is 1.69 bits per heavy atom. The highest BCUT2D eigenvalue weighted by atomic mass is 16.5. The first kappa shape index (κ1) is 22.3. The average Bonchev–Trinajstić information content (AvgIpc) is 2.83. The SMILES string of the molecule is COc1ccc2cc([C@H](C)C(=O)NCc3ccc(CN4CCC(O)CC4)cc3)ccc2c1. The number of carbonyl (C=O) groups excluding carboxylic acids is 1. The summed E-state index contributed by atoms with van der Waals surface area (Å²) in [6, 6.07) is 20.5. The third kappa shape index (κ3) is 5.47. The van der Waals surface area contributed by atoms with E-state index in [1.165, 1.54) is 5.56 Å². The van der Waals surface area contributed by atoms with Crippen LogP contribution < -0.4 is 10.1 Å². The fourth-order valence-corrected chi connectivity index (χ4v) is 4.23. The van der Waals surface area contributed by atoms with E-state index in [0.29, 0.717) is 6.54 Å². The second kappa shape index (κ2) is 10.2. The molecule has 1 fully saturated rings. The van der Waals surface area contributed by atoms with Crippen LogP contribution in [-0.4, -0.2) is 42.2 Å². The summed E-state index contributed by atoms with van der Waals surface area (Å²) in [4.78, 5) is 15.1.